The number of benzene rings is 1. The highest BCUT2D eigenvalue weighted by Gasteiger charge is 2.15. The Balaban J connectivity index is 2.70. The summed E-state index contributed by atoms with van der Waals surface area (Å²) in [5.41, 5.74) is -1.62. The van der Waals surface area contributed by atoms with Gasteiger partial charge in [-0.2, -0.15) is 0 Å². The standard InChI is InChI=1S/C16H15Cl2N3O3/c1-3-7-19-14(22)20(8-4-2)16(24)21(15(19)23)10-11-5-6-12(17)9-13(11)18/h3-6,9H,1-2,7-8,10H2. The van der Waals surface area contributed by atoms with Crippen LogP contribution in [0.4, 0.5) is 0 Å². The van der Waals surface area contributed by atoms with Crippen molar-refractivity contribution < 1.29 is 0 Å². The maximum atomic E-state index is 12.5. The first-order valence-corrected chi connectivity index (χ1v) is 7.76. The molecule has 0 fully saturated rings. The molecule has 0 N–H and O–H groups in total. The first-order valence-electron chi connectivity index (χ1n) is 7.01. The second-order valence-electron chi connectivity index (χ2n) is 4.97. The van der Waals surface area contributed by atoms with Gasteiger partial charge in [-0.25, -0.2) is 28.1 Å². The lowest BCUT2D eigenvalue weighted by molar-refractivity contribution is 0.498. The van der Waals surface area contributed by atoms with Gasteiger partial charge in [0.25, 0.3) is 0 Å². The normalized spacial score (nSPS) is 10.6. The van der Waals surface area contributed by atoms with Crippen molar-refractivity contribution in [2.45, 2.75) is 19.6 Å². The third kappa shape index (κ3) is 3.44. The summed E-state index contributed by atoms with van der Waals surface area (Å²) in [7, 11) is 0. The van der Waals surface area contributed by atoms with Crippen LogP contribution < -0.4 is 17.1 Å². The lowest BCUT2D eigenvalue weighted by atomic mass is 10.2. The van der Waals surface area contributed by atoms with E-state index in [1.54, 1.807) is 12.1 Å². The van der Waals surface area contributed by atoms with Gasteiger partial charge in [0.05, 0.1) is 19.6 Å². The fourth-order valence-corrected chi connectivity index (χ4v) is 2.68. The van der Waals surface area contributed by atoms with Crippen LogP contribution in [0.15, 0.2) is 57.9 Å². The summed E-state index contributed by atoms with van der Waals surface area (Å²) in [5, 5.41) is 0.766. The van der Waals surface area contributed by atoms with Crippen molar-refractivity contribution in [1.82, 2.24) is 13.7 Å². The summed E-state index contributed by atoms with van der Waals surface area (Å²) in [6.45, 7) is 6.94. The molecule has 1 aromatic carbocycles. The Bertz CT molecular complexity index is 922. The summed E-state index contributed by atoms with van der Waals surface area (Å²) in [6, 6.07) is 4.75. The summed E-state index contributed by atoms with van der Waals surface area (Å²) >= 11 is 12.0. The van der Waals surface area contributed by atoms with Crippen molar-refractivity contribution in [1.29, 1.82) is 0 Å². The molecule has 0 atom stereocenters. The van der Waals surface area contributed by atoms with Crippen LogP contribution in [-0.2, 0) is 19.6 Å². The highest BCUT2D eigenvalue weighted by atomic mass is 35.5. The number of hydrogen-bond donors (Lipinski definition) is 0. The summed E-state index contributed by atoms with van der Waals surface area (Å²) in [4.78, 5) is 37.3. The molecule has 2 aromatic rings. The summed E-state index contributed by atoms with van der Waals surface area (Å²) in [6.07, 6.45) is 2.82. The van der Waals surface area contributed by atoms with Gasteiger partial charge in [0, 0.05) is 10.0 Å². The third-order valence-electron chi connectivity index (χ3n) is 3.35. The number of nitrogens with zero attached hydrogens (tertiary/aromatic N) is 3. The van der Waals surface area contributed by atoms with Crippen LogP contribution in [0, 0.1) is 0 Å². The molecule has 1 aromatic heterocycles. The molecule has 0 saturated carbocycles. The quantitative estimate of drug-likeness (QED) is 0.732. The second kappa shape index (κ2) is 7.51. The minimum atomic E-state index is -0.726. The Morgan fingerprint density at radius 2 is 1.38 bits per heavy atom. The van der Waals surface area contributed by atoms with E-state index < -0.39 is 17.1 Å². The van der Waals surface area contributed by atoms with Gasteiger partial charge in [-0.1, -0.05) is 41.4 Å². The molecule has 1 heterocycles. The molecule has 0 aliphatic heterocycles. The number of rotatable bonds is 6. The molecule has 8 heteroatoms. The molecule has 0 bridgehead atoms. The predicted octanol–water partition coefficient (Wildman–Crippen LogP) is 1.90. The minimum Gasteiger partial charge on any atom is -0.247 e. The van der Waals surface area contributed by atoms with E-state index >= 15 is 0 Å². The van der Waals surface area contributed by atoms with Crippen LogP contribution in [0.5, 0.6) is 0 Å². The molecule has 0 radical (unpaired) electrons. The first kappa shape index (κ1) is 18.0. The second-order valence-corrected chi connectivity index (χ2v) is 5.81. The van der Waals surface area contributed by atoms with Crippen LogP contribution in [0.2, 0.25) is 10.0 Å². The number of aromatic nitrogens is 3. The lowest BCUT2D eigenvalue weighted by Crippen LogP contribution is -2.54. The molecule has 0 aliphatic rings. The van der Waals surface area contributed by atoms with E-state index in [9.17, 15) is 14.4 Å². The lowest BCUT2D eigenvalue weighted by Gasteiger charge is -2.13. The average Bonchev–Trinajstić information content (AvgIpc) is 2.54. The van der Waals surface area contributed by atoms with Crippen LogP contribution >= 0.6 is 23.2 Å². The van der Waals surface area contributed by atoms with Gasteiger partial charge in [0.2, 0.25) is 0 Å². The van der Waals surface area contributed by atoms with E-state index in [-0.39, 0.29) is 19.6 Å². The summed E-state index contributed by atoms with van der Waals surface area (Å²) < 4.78 is 2.81. The van der Waals surface area contributed by atoms with Crippen molar-refractivity contribution in [3.63, 3.8) is 0 Å². The predicted molar refractivity (Wildman–Crippen MR) is 95.2 cm³/mol. The van der Waals surface area contributed by atoms with E-state index in [4.69, 9.17) is 23.2 Å². The minimum absolute atomic E-state index is 0.0105. The molecule has 2 rings (SSSR count). The smallest absolute Gasteiger partial charge is 0.247 e. The van der Waals surface area contributed by atoms with Gasteiger partial charge in [-0.3, -0.25) is 0 Å². The monoisotopic (exact) mass is 367 g/mol. The largest absolute Gasteiger partial charge is 0.336 e. The van der Waals surface area contributed by atoms with E-state index in [1.165, 1.54) is 18.2 Å². The molecule has 0 saturated heterocycles. The van der Waals surface area contributed by atoms with E-state index in [0.717, 1.165) is 13.7 Å². The zero-order chi connectivity index (χ0) is 17.9. The van der Waals surface area contributed by atoms with E-state index in [0.29, 0.717) is 15.6 Å². The Hall–Kier alpha value is -2.31. The molecule has 0 aliphatic carbocycles. The Kier molecular flexibility index (Phi) is 5.64. The average molecular weight is 368 g/mol. The molecular weight excluding hydrogens is 353 g/mol. The van der Waals surface area contributed by atoms with Gasteiger partial charge in [0.15, 0.2) is 0 Å². The Morgan fingerprint density at radius 1 is 0.875 bits per heavy atom. The molecule has 24 heavy (non-hydrogen) atoms. The zero-order valence-corrected chi connectivity index (χ0v) is 14.3. The highest BCUT2D eigenvalue weighted by Crippen LogP contribution is 2.21. The van der Waals surface area contributed by atoms with Crippen LogP contribution in [0.3, 0.4) is 0 Å². The van der Waals surface area contributed by atoms with Gasteiger partial charge < -0.3 is 0 Å². The SMILES string of the molecule is C=CCn1c(=O)n(CC=C)c(=O)n(Cc2ccc(Cl)cc2Cl)c1=O. The van der Waals surface area contributed by atoms with Crippen LogP contribution in [-0.4, -0.2) is 13.7 Å². The fourth-order valence-electron chi connectivity index (χ4n) is 2.21. The van der Waals surface area contributed by atoms with Gasteiger partial charge in [0.1, 0.15) is 0 Å². The van der Waals surface area contributed by atoms with Crippen molar-refractivity contribution in [3.8, 4) is 0 Å². The van der Waals surface area contributed by atoms with Crippen molar-refractivity contribution >= 4 is 23.2 Å². The van der Waals surface area contributed by atoms with Gasteiger partial charge >= 0.3 is 17.1 Å². The zero-order valence-electron chi connectivity index (χ0n) is 12.7. The number of allylic oxidation sites excluding steroid dienone is 2. The van der Waals surface area contributed by atoms with E-state index in [2.05, 4.69) is 13.2 Å². The van der Waals surface area contributed by atoms with Gasteiger partial charge in [-0.05, 0) is 17.7 Å². The first-order chi connectivity index (χ1) is 11.4. The third-order valence-corrected chi connectivity index (χ3v) is 3.94. The Morgan fingerprint density at radius 3 is 1.83 bits per heavy atom. The van der Waals surface area contributed by atoms with Crippen LogP contribution in [0.1, 0.15) is 5.56 Å². The molecule has 0 amide bonds. The molecular formula is C16H15Cl2N3O3. The number of halogens is 2. The number of hydrogen-bond acceptors (Lipinski definition) is 3. The molecule has 0 unspecified atom stereocenters. The summed E-state index contributed by atoms with van der Waals surface area (Å²) in [5.74, 6) is 0. The highest BCUT2D eigenvalue weighted by molar-refractivity contribution is 6.35. The molecule has 126 valence electrons. The molecule has 6 nitrogen and oxygen atoms in total. The van der Waals surface area contributed by atoms with Gasteiger partial charge in [-0.15, -0.1) is 13.2 Å². The topological polar surface area (TPSA) is 66.0 Å². The maximum Gasteiger partial charge on any atom is 0.336 e. The van der Waals surface area contributed by atoms with E-state index in [1.807, 2.05) is 0 Å². The van der Waals surface area contributed by atoms with Crippen molar-refractivity contribution in [2.24, 2.45) is 0 Å². The molecule has 0 spiro atoms. The van der Waals surface area contributed by atoms with Crippen LogP contribution in [0.25, 0.3) is 0 Å². The Labute approximate surface area is 147 Å². The van der Waals surface area contributed by atoms with Crippen molar-refractivity contribution in [3.05, 3.63) is 90.6 Å². The maximum absolute atomic E-state index is 12.5. The van der Waals surface area contributed by atoms with Crippen molar-refractivity contribution in [2.75, 3.05) is 0 Å². The fraction of sp³-hybridized carbons (Fsp3) is 0.188.